The van der Waals surface area contributed by atoms with Crippen molar-refractivity contribution in [3.8, 4) is 18.1 Å². The van der Waals surface area contributed by atoms with Gasteiger partial charge >= 0.3 is 6.03 Å². The lowest BCUT2D eigenvalue weighted by atomic mass is 10.1. The van der Waals surface area contributed by atoms with Crippen molar-refractivity contribution in [1.29, 1.82) is 5.41 Å². The first kappa shape index (κ1) is 24.7. The van der Waals surface area contributed by atoms with Crippen molar-refractivity contribution in [3.05, 3.63) is 82.3 Å². The number of urea groups is 1. The summed E-state index contributed by atoms with van der Waals surface area (Å²) in [6.45, 7) is 1.49. The molecule has 2 heterocycles. The van der Waals surface area contributed by atoms with E-state index in [1.54, 1.807) is 6.07 Å². The molecule has 182 valence electrons. The molecule has 4 rings (SSSR count). The molecule has 1 aromatic heterocycles. The van der Waals surface area contributed by atoms with Crippen LogP contribution < -0.4 is 15.0 Å². The van der Waals surface area contributed by atoms with Crippen LogP contribution in [0, 0.1) is 23.6 Å². The SMILES string of the molecule is C#Cc1cc(OC)cc(C(=O)N(C(=O)Nc2ccc(C(=N)N3CCC3)cc2F)c2ccc(Cl)cn2)c1. The summed E-state index contributed by atoms with van der Waals surface area (Å²) in [5.74, 6) is 1.41. The summed E-state index contributed by atoms with van der Waals surface area (Å²) in [7, 11) is 1.42. The van der Waals surface area contributed by atoms with Gasteiger partial charge in [-0.15, -0.1) is 6.42 Å². The minimum atomic E-state index is -0.954. The van der Waals surface area contributed by atoms with E-state index in [1.807, 2.05) is 4.90 Å². The van der Waals surface area contributed by atoms with Crippen LogP contribution in [0.5, 0.6) is 5.75 Å². The Morgan fingerprint density at radius 3 is 2.56 bits per heavy atom. The van der Waals surface area contributed by atoms with Crippen LogP contribution in [0.15, 0.2) is 54.7 Å². The van der Waals surface area contributed by atoms with Gasteiger partial charge < -0.3 is 15.0 Å². The molecule has 0 atom stereocenters. The third kappa shape index (κ3) is 5.14. The third-order valence-corrected chi connectivity index (χ3v) is 5.78. The molecule has 2 aromatic carbocycles. The number of terminal acetylenes is 1. The summed E-state index contributed by atoms with van der Waals surface area (Å²) >= 11 is 5.92. The summed E-state index contributed by atoms with van der Waals surface area (Å²) in [5.41, 5.74) is 0.652. The highest BCUT2D eigenvalue weighted by Gasteiger charge is 2.28. The van der Waals surface area contributed by atoms with E-state index in [4.69, 9.17) is 28.2 Å². The molecule has 36 heavy (non-hydrogen) atoms. The summed E-state index contributed by atoms with van der Waals surface area (Å²) in [4.78, 5) is 33.4. The average Bonchev–Trinajstić information content (AvgIpc) is 2.85. The smallest absolute Gasteiger partial charge is 0.334 e. The second-order valence-corrected chi connectivity index (χ2v) is 8.32. The highest BCUT2D eigenvalue weighted by Crippen LogP contribution is 2.24. The summed E-state index contributed by atoms with van der Waals surface area (Å²) in [6.07, 6.45) is 7.75. The normalized spacial score (nSPS) is 12.2. The van der Waals surface area contributed by atoms with Crippen LogP contribution in [0.2, 0.25) is 5.02 Å². The molecule has 1 aliphatic rings. The number of carbonyl (C=O) groups excluding carboxylic acids is 2. The number of aromatic nitrogens is 1. The Hall–Kier alpha value is -4.42. The number of amides is 3. The van der Waals surface area contributed by atoms with Crippen molar-refractivity contribution in [2.45, 2.75) is 6.42 Å². The molecule has 1 aliphatic heterocycles. The van der Waals surface area contributed by atoms with Gasteiger partial charge in [-0.1, -0.05) is 17.5 Å². The molecule has 8 nitrogen and oxygen atoms in total. The van der Waals surface area contributed by atoms with Crippen LogP contribution in [0.1, 0.15) is 27.9 Å². The molecule has 0 radical (unpaired) electrons. The van der Waals surface area contributed by atoms with Crippen molar-refractivity contribution in [2.75, 3.05) is 30.4 Å². The maximum absolute atomic E-state index is 14.9. The van der Waals surface area contributed by atoms with Crippen molar-refractivity contribution >= 4 is 40.9 Å². The first-order valence-electron chi connectivity index (χ1n) is 10.9. The van der Waals surface area contributed by atoms with Crippen molar-refractivity contribution < 1.29 is 18.7 Å². The molecule has 1 saturated heterocycles. The Kier molecular flexibility index (Phi) is 7.17. The van der Waals surface area contributed by atoms with E-state index in [0.717, 1.165) is 24.4 Å². The Morgan fingerprint density at radius 1 is 1.19 bits per heavy atom. The number of likely N-dealkylation sites (tertiary alicyclic amines) is 1. The lowest BCUT2D eigenvalue weighted by Crippen LogP contribution is -2.42. The van der Waals surface area contributed by atoms with Gasteiger partial charge in [-0.3, -0.25) is 10.2 Å². The Morgan fingerprint density at radius 2 is 1.97 bits per heavy atom. The fraction of sp³-hybridized carbons (Fsp3) is 0.154. The van der Waals surface area contributed by atoms with E-state index in [-0.39, 0.29) is 22.9 Å². The number of nitrogens with zero attached hydrogens (tertiary/aromatic N) is 3. The fourth-order valence-electron chi connectivity index (χ4n) is 3.51. The predicted molar refractivity (Wildman–Crippen MR) is 135 cm³/mol. The van der Waals surface area contributed by atoms with Gasteiger partial charge in [-0.25, -0.2) is 19.1 Å². The molecule has 2 N–H and O–H groups in total. The number of hydrogen-bond donors (Lipinski definition) is 2. The van der Waals surface area contributed by atoms with E-state index >= 15 is 0 Å². The number of benzene rings is 2. The molecular formula is C26H21ClFN5O3. The van der Waals surface area contributed by atoms with Gasteiger partial charge in [-0.2, -0.15) is 0 Å². The Bertz CT molecular complexity index is 1380. The summed E-state index contributed by atoms with van der Waals surface area (Å²) in [5, 5.41) is 10.9. The van der Waals surface area contributed by atoms with E-state index < -0.39 is 17.8 Å². The number of hydrogen-bond acceptors (Lipinski definition) is 5. The molecule has 0 aliphatic carbocycles. The first-order chi connectivity index (χ1) is 17.3. The van der Waals surface area contributed by atoms with Crippen molar-refractivity contribution in [2.24, 2.45) is 0 Å². The van der Waals surface area contributed by atoms with Crippen molar-refractivity contribution in [1.82, 2.24) is 9.88 Å². The average molecular weight is 506 g/mol. The Labute approximate surface area is 212 Å². The summed E-state index contributed by atoms with van der Waals surface area (Å²) in [6, 6.07) is 10.4. The second-order valence-electron chi connectivity index (χ2n) is 7.88. The van der Waals surface area contributed by atoms with E-state index in [9.17, 15) is 14.0 Å². The standard InChI is InChI=1S/C26H21ClFN5O3/c1-3-16-11-18(13-20(12-16)36-2)25(34)33(23-8-6-19(27)15-30-23)26(35)31-22-7-5-17(14-21(22)28)24(29)32-9-4-10-32/h1,5-8,11-15,29H,4,9-10H2,2H3,(H,31,35). The number of nitrogens with one attached hydrogen (secondary N) is 2. The number of imide groups is 1. The van der Waals surface area contributed by atoms with Gasteiger partial charge in [0.1, 0.15) is 23.2 Å². The quantitative estimate of drug-likeness (QED) is 0.295. The highest BCUT2D eigenvalue weighted by atomic mass is 35.5. The van der Waals surface area contributed by atoms with Crippen LogP contribution >= 0.6 is 11.6 Å². The minimum Gasteiger partial charge on any atom is -0.497 e. The number of methoxy groups -OCH3 is 1. The highest BCUT2D eigenvalue weighted by molar-refractivity contribution is 6.30. The van der Waals surface area contributed by atoms with Gasteiger partial charge in [0.05, 0.1) is 17.8 Å². The molecule has 10 heteroatoms. The summed E-state index contributed by atoms with van der Waals surface area (Å²) < 4.78 is 20.1. The zero-order chi connectivity index (χ0) is 25.8. The number of amidine groups is 1. The molecular weight excluding hydrogens is 485 g/mol. The number of halogens is 2. The zero-order valence-corrected chi connectivity index (χ0v) is 20.0. The fourth-order valence-corrected chi connectivity index (χ4v) is 3.62. The van der Waals surface area contributed by atoms with Crippen LogP contribution in [0.3, 0.4) is 0 Å². The van der Waals surface area contributed by atoms with E-state index in [0.29, 0.717) is 21.9 Å². The van der Waals surface area contributed by atoms with E-state index in [2.05, 4.69) is 16.2 Å². The van der Waals surface area contributed by atoms with Gasteiger partial charge in [0.2, 0.25) is 0 Å². The van der Waals surface area contributed by atoms with Crippen LogP contribution in [0.4, 0.5) is 20.7 Å². The first-order valence-corrected chi connectivity index (χ1v) is 11.2. The molecule has 1 fully saturated rings. The third-order valence-electron chi connectivity index (χ3n) is 5.56. The lowest BCUT2D eigenvalue weighted by Gasteiger charge is -2.33. The van der Waals surface area contributed by atoms with Crippen LogP contribution in [0.25, 0.3) is 0 Å². The molecule has 0 bridgehead atoms. The number of rotatable bonds is 5. The van der Waals surface area contributed by atoms with Crippen LogP contribution in [-0.4, -0.2) is 47.9 Å². The van der Waals surface area contributed by atoms with Gasteiger partial charge in [0, 0.05) is 36.0 Å². The maximum atomic E-state index is 14.9. The van der Waals surface area contributed by atoms with Gasteiger partial charge in [0.25, 0.3) is 5.91 Å². The predicted octanol–water partition coefficient (Wildman–Crippen LogP) is 4.77. The largest absolute Gasteiger partial charge is 0.497 e. The zero-order valence-electron chi connectivity index (χ0n) is 19.2. The number of ether oxygens (including phenoxy) is 1. The van der Waals surface area contributed by atoms with Gasteiger partial charge in [0.15, 0.2) is 0 Å². The number of carbonyl (C=O) groups is 2. The van der Waals surface area contributed by atoms with Gasteiger partial charge in [-0.05, 0) is 55.0 Å². The number of pyridine rings is 1. The minimum absolute atomic E-state index is 0.0384. The monoisotopic (exact) mass is 505 g/mol. The van der Waals surface area contributed by atoms with Crippen LogP contribution in [-0.2, 0) is 0 Å². The molecule has 0 saturated carbocycles. The Balaban J connectivity index is 1.66. The molecule has 3 aromatic rings. The van der Waals surface area contributed by atoms with E-state index in [1.165, 1.54) is 55.8 Å². The number of anilines is 2. The lowest BCUT2D eigenvalue weighted by molar-refractivity contribution is 0.0994. The topological polar surface area (TPSA) is 98.6 Å². The second kappa shape index (κ2) is 10.5. The molecule has 3 amide bonds. The molecule has 0 unspecified atom stereocenters. The maximum Gasteiger partial charge on any atom is 0.334 e. The molecule has 0 spiro atoms. The van der Waals surface area contributed by atoms with Crippen molar-refractivity contribution in [3.63, 3.8) is 0 Å².